The number of nitrogens with zero attached hydrogens (tertiary/aromatic N) is 1. The molecule has 0 saturated heterocycles. The number of carbonyl (C=O) groups is 2. The average Bonchev–Trinajstić information content (AvgIpc) is 2.47. The van der Waals surface area contributed by atoms with Gasteiger partial charge >= 0.3 is 11.9 Å². The van der Waals surface area contributed by atoms with Crippen LogP contribution in [0.4, 0.5) is 0 Å². The van der Waals surface area contributed by atoms with E-state index in [1.54, 1.807) is 0 Å². The van der Waals surface area contributed by atoms with E-state index in [1.807, 2.05) is 6.08 Å². The molecule has 6 heteroatoms. The molecule has 0 aliphatic heterocycles. The van der Waals surface area contributed by atoms with Crippen molar-refractivity contribution in [3.05, 3.63) is 12.2 Å². The molecular weight excluding hydrogens is 286 g/mol. The Kier molecular flexibility index (Phi) is 9.69. The molecule has 0 heterocycles. The SMILES string of the molecule is CCC/C=C/CCC[N+](CCO)(C(C)C(=O)O)C(C)C(=O)O. The van der Waals surface area contributed by atoms with Crippen LogP contribution in [0.25, 0.3) is 0 Å². The molecule has 0 bridgehead atoms. The van der Waals surface area contributed by atoms with Crippen molar-refractivity contribution >= 4 is 11.9 Å². The van der Waals surface area contributed by atoms with Crippen molar-refractivity contribution in [2.45, 2.75) is 58.5 Å². The molecule has 0 saturated carbocycles. The molecule has 2 atom stereocenters. The van der Waals surface area contributed by atoms with E-state index >= 15 is 0 Å². The zero-order valence-electron chi connectivity index (χ0n) is 13.9. The van der Waals surface area contributed by atoms with Crippen LogP contribution < -0.4 is 0 Å². The lowest BCUT2D eigenvalue weighted by Crippen LogP contribution is -2.65. The lowest BCUT2D eigenvalue weighted by atomic mass is 10.1. The Labute approximate surface area is 132 Å². The molecule has 0 aliphatic rings. The molecule has 6 nitrogen and oxygen atoms in total. The number of aliphatic carboxylic acids is 2. The maximum absolute atomic E-state index is 11.4. The predicted octanol–water partition coefficient (Wildman–Crippen LogP) is 1.88. The number of rotatable bonds is 12. The minimum atomic E-state index is -1.04. The summed E-state index contributed by atoms with van der Waals surface area (Å²) in [7, 11) is 0. The predicted molar refractivity (Wildman–Crippen MR) is 84.6 cm³/mol. The average molecular weight is 316 g/mol. The van der Waals surface area contributed by atoms with Crippen molar-refractivity contribution in [3.8, 4) is 0 Å². The Bertz CT molecular complexity index is 361. The Morgan fingerprint density at radius 1 is 1.00 bits per heavy atom. The van der Waals surface area contributed by atoms with Crippen molar-refractivity contribution in [1.82, 2.24) is 0 Å². The first-order valence-corrected chi connectivity index (χ1v) is 7.91. The summed E-state index contributed by atoms with van der Waals surface area (Å²) in [6, 6.07) is -1.75. The van der Waals surface area contributed by atoms with E-state index in [0.717, 1.165) is 19.3 Å². The number of carboxylic acid groups (broad SMARTS) is 2. The van der Waals surface area contributed by atoms with Gasteiger partial charge in [-0.1, -0.05) is 25.5 Å². The second kappa shape index (κ2) is 10.3. The van der Waals surface area contributed by atoms with E-state index in [0.29, 0.717) is 13.0 Å². The third-order valence-corrected chi connectivity index (χ3v) is 4.34. The van der Waals surface area contributed by atoms with Crippen molar-refractivity contribution in [2.24, 2.45) is 0 Å². The van der Waals surface area contributed by atoms with Crippen LogP contribution in [0.5, 0.6) is 0 Å². The van der Waals surface area contributed by atoms with Crippen LogP contribution in [0.15, 0.2) is 12.2 Å². The Balaban J connectivity index is 5.11. The number of quaternary nitrogens is 1. The van der Waals surface area contributed by atoms with Crippen LogP contribution in [0.2, 0.25) is 0 Å². The van der Waals surface area contributed by atoms with Gasteiger partial charge in [-0.25, -0.2) is 9.59 Å². The summed E-state index contributed by atoms with van der Waals surface area (Å²) < 4.78 is -0.136. The summed E-state index contributed by atoms with van der Waals surface area (Å²) in [6.07, 6.45) is 7.69. The second-order valence-electron chi connectivity index (χ2n) is 5.70. The zero-order chi connectivity index (χ0) is 17.2. The Hall–Kier alpha value is -1.40. The van der Waals surface area contributed by atoms with Crippen LogP contribution in [0.3, 0.4) is 0 Å². The minimum Gasteiger partial charge on any atom is -0.477 e. The summed E-state index contributed by atoms with van der Waals surface area (Å²) in [5.74, 6) is -2.08. The van der Waals surface area contributed by atoms with Gasteiger partial charge < -0.3 is 15.3 Å². The van der Waals surface area contributed by atoms with E-state index < -0.39 is 24.0 Å². The molecule has 0 aromatic rings. The fraction of sp³-hybridized carbons (Fsp3) is 0.750. The molecule has 22 heavy (non-hydrogen) atoms. The zero-order valence-corrected chi connectivity index (χ0v) is 13.9. The highest BCUT2D eigenvalue weighted by Crippen LogP contribution is 2.22. The third kappa shape index (κ3) is 5.77. The van der Waals surface area contributed by atoms with Gasteiger partial charge in [0.05, 0.1) is 13.2 Å². The molecule has 0 spiro atoms. The summed E-state index contributed by atoms with van der Waals surface area (Å²) in [5.41, 5.74) is 0. The molecule has 0 aliphatic carbocycles. The van der Waals surface area contributed by atoms with Crippen LogP contribution in [-0.2, 0) is 9.59 Å². The van der Waals surface area contributed by atoms with Gasteiger partial charge in [-0.3, -0.25) is 4.48 Å². The molecule has 128 valence electrons. The van der Waals surface area contributed by atoms with Crippen molar-refractivity contribution in [1.29, 1.82) is 0 Å². The maximum Gasteiger partial charge on any atom is 0.362 e. The third-order valence-electron chi connectivity index (χ3n) is 4.34. The smallest absolute Gasteiger partial charge is 0.362 e. The lowest BCUT2D eigenvalue weighted by molar-refractivity contribution is -0.955. The van der Waals surface area contributed by atoms with Gasteiger partial charge in [0.15, 0.2) is 12.1 Å². The van der Waals surface area contributed by atoms with E-state index in [1.165, 1.54) is 13.8 Å². The van der Waals surface area contributed by atoms with Gasteiger partial charge in [0.25, 0.3) is 0 Å². The number of carboxylic acids is 2. The Morgan fingerprint density at radius 2 is 1.50 bits per heavy atom. The first-order valence-electron chi connectivity index (χ1n) is 7.91. The monoisotopic (exact) mass is 316 g/mol. The molecule has 0 radical (unpaired) electrons. The van der Waals surface area contributed by atoms with E-state index in [4.69, 9.17) is 0 Å². The van der Waals surface area contributed by atoms with Crippen molar-refractivity contribution < 1.29 is 29.4 Å². The van der Waals surface area contributed by atoms with Crippen LogP contribution in [0, 0.1) is 0 Å². The first kappa shape index (κ1) is 20.6. The highest BCUT2D eigenvalue weighted by Gasteiger charge is 2.45. The number of unbranched alkanes of at least 4 members (excludes halogenated alkanes) is 2. The minimum absolute atomic E-state index is 0.125. The molecule has 2 unspecified atom stereocenters. The molecule has 0 rings (SSSR count). The number of hydrogen-bond donors (Lipinski definition) is 3. The largest absolute Gasteiger partial charge is 0.477 e. The highest BCUT2D eigenvalue weighted by atomic mass is 16.4. The number of aliphatic hydroxyl groups excluding tert-OH is 1. The lowest BCUT2D eigenvalue weighted by Gasteiger charge is -2.44. The maximum atomic E-state index is 11.4. The van der Waals surface area contributed by atoms with Crippen LogP contribution in [-0.4, -0.2) is 63.5 Å². The number of hydrogen-bond acceptors (Lipinski definition) is 3. The second-order valence-corrected chi connectivity index (χ2v) is 5.70. The van der Waals surface area contributed by atoms with Crippen molar-refractivity contribution in [2.75, 3.05) is 19.7 Å². The van der Waals surface area contributed by atoms with E-state index in [9.17, 15) is 24.9 Å². The van der Waals surface area contributed by atoms with Gasteiger partial charge in [-0.05, 0) is 26.7 Å². The standard InChI is InChI=1S/C16H29NO5/c1-4-5-6-7-8-9-10-17(11-12-18,13(2)15(19)20)14(3)16(21)22/h6-7,13-14,18H,4-5,8-12H2,1-3H3,(H-,19,20,21,22)/p+1/b7-6+. The van der Waals surface area contributed by atoms with Crippen LogP contribution >= 0.6 is 0 Å². The summed E-state index contributed by atoms with van der Waals surface area (Å²) in [4.78, 5) is 22.8. The molecular formula is C16H30NO5+. The van der Waals surface area contributed by atoms with Gasteiger partial charge in [0, 0.05) is 6.42 Å². The van der Waals surface area contributed by atoms with Gasteiger partial charge in [0.2, 0.25) is 0 Å². The van der Waals surface area contributed by atoms with Crippen LogP contribution in [0.1, 0.15) is 46.5 Å². The number of aliphatic hydroxyl groups is 1. The summed E-state index contributed by atoms with van der Waals surface area (Å²) in [5, 5.41) is 28.0. The quantitative estimate of drug-likeness (QED) is 0.290. The van der Waals surface area contributed by atoms with Gasteiger partial charge in [-0.2, -0.15) is 0 Å². The normalized spacial score (nSPS) is 17.1. The van der Waals surface area contributed by atoms with E-state index in [2.05, 4.69) is 13.0 Å². The number of allylic oxidation sites excluding steroid dienone is 2. The first-order chi connectivity index (χ1) is 10.3. The molecule has 0 aromatic heterocycles. The highest BCUT2D eigenvalue weighted by molar-refractivity contribution is 5.74. The molecule has 0 fully saturated rings. The Morgan fingerprint density at radius 3 is 1.91 bits per heavy atom. The molecule has 0 aromatic carbocycles. The molecule has 3 N–H and O–H groups in total. The topological polar surface area (TPSA) is 94.8 Å². The van der Waals surface area contributed by atoms with Gasteiger partial charge in [0.1, 0.15) is 6.54 Å². The molecule has 0 amide bonds. The van der Waals surface area contributed by atoms with Crippen molar-refractivity contribution in [3.63, 3.8) is 0 Å². The summed E-state index contributed by atoms with van der Waals surface area (Å²) >= 11 is 0. The summed E-state index contributed by atoms with van der Waals surface area (Å²) in [6.45, 7) is 5.43. The fourth-order valence-corrected chi connectivity index (χ4v) is 2.75. The fourth-order valence-electron chi connectivity index (χ4n) is 2.75. The van der Waals surface area contributed by atoms with E-state index in [-0.39, 0.29) is 17.6 Å². The van der Waals surface area contributed by atoms with Gasteiger partial charge in [-0.15, -0.1) is 0 Å².